The number of rotatable bonds is 4. The molecule has 2 aromatic rings. The number of methoxy groups -OCH3 is 1. The zero-order valence-corrected chi connectivity index (χ0v) is 12.0. The first-order valence-electron chi connectivity index (χ1n) is 6.40. The van der Waals surface area contributed by atoms with E-state index in [1.165, 1.54) is 0 Å². The Hall–Kier alpha value is -2.30. The Morgan fingerprint density at radius 3 is 2.60 bits per heavy atom. The van der Waals surface area contributed by atoms with Gasteiger partial charge < -0.3 is 9.84 Å². The molecule has 2 rings (SSSR count). The third-order valence-corrected chi connectivity index (χ3v) is 3.24. The number of carboxylic acid groups (broad SMARTS) is 1. The maximum Gasteiger partial charge on any atom is 0.356 e. The van der Waals surface area contributed by atoms with Crippen LogP contribution in [0.4, 0.5) is 0 Å². The molecule has 5 nitrogen and oxygen atoms in total. The van der Waals surface area contributed by atoms with Gasteiger partial charge >= 0.3 is 5.97 Å². The van der Waals surface area contributed by atoms with E-state index in [1.807, 2.05) is 18.2 Å². The Labute approximate surface area is 117 Å². The zero-order valence-electron chi connectivity index (χ0n) is 12.0. The van der Waals surface area contributed by atoms with E-state index in [0.717, 1.165) is 22.6 Å². The molecule has 0 bridgehead atoms. The molecule has 0 saturated carbocycles. The van der Waals surface area contributed by atoms with Gasteiger partial charge in [0, 0.05) is 18.2 Å². The Morgan fingerprint density at radius 1 is 1.40 bits per heavy atom. The number of aromatic nitrogens is 2. The van der Waals surface area contributed by atoms with Gasteiger partial charge in [0.1, 0.15) is 5.75 Å². The number of ether oxygens (including phenoxy) is 1. The van der Waals surface area contributed by atoms with E-state index in [0.29, 0.717) is 0 Å². The number of benzene rings is 1. The molecular formula is C15H18N2O3. The lowest BCUT2D eigenvalue weighted by Crippen LogP contribution is -2.01. The van der Waals surface area contributed by atoms with Crippen molar-refractivity contribution in [3.8, 4) is 17.0 Å². The fourth-order valence-corrected chi connectivity index (χ4v) is 2.36. The average molecular weight is 274 g/mol. The second-order valence-electron chi connectivity index (χ2n) is 4.92. The lowest BCUT2D eigenvalue weighted by Gasteiger charge is -2.16. The van der Waals surface area contributed by atoms with Crippen LogP contribution in [0.5, 0.6) is 5.75 Å². The van der Waals surface area contributed by atoms with Crippen molar-refractivity contribution in [1.29, 1.82) is 0 Å². The van der Waals surface area contributed by atoms with E-state index in [9.17, 15) is 4.79 Å². The number of carboxylic acids is 1. The first-order chi connectivity index (χ1) is 9.45. The topological polar surface area (TPSA) is 64.3 Å². The molecular weight excluding hydrogens is 256 g/mol. The molecule has 0 saturated heterocycles. The molecule has 5 heteroatoms. The number of nitrogens with zero attached hydrogens (tertiary/aromatic N) is 2. The van der Waals surface area contributed by atoms with Gasteiger partial charge in [-0.1, -0.05) is 26.0 Å². The number of hydrogen-bond acceptors (Lipinski definition) is 3. The fraction of sp³-hybridized carbons (Fsp3) is 0.333. The predicted molar refractivity (Wildman–Crippen MR) is 76.2 cm³/mol. The van der Waals surface area contributed by atoms with Crippen LogP contribution in [0, 0.1) is 0 Å². The summed E-state index contributed by atoms with van der Waals surface area (Å²) in [6.45, 7) is 4.16. The molecule has 0 amide bonds. The molecule has 20 heavy (non-hydrogen) atoms. The van der Waals surface area contributed by atoms with Crippen molar-refractivity contribution >= 4 is 5.97 Å². The van der Waals surface area contributed by atoms with Crippen LogP contribution in [-0.2, 0) is 7.05 Å². The first-order valence-corrected chi connectivity index (χ1v) is 6.40. The summed E-state index contributed by atoms with van der Waals surface area (Å²) in [4.78, 5) is 11.0. The third-order valence-electron chi connectivity index (χ3n) is 3.24. The molecule has 0 aliphatic carbocycles. The molecule has 1 heterocycles. The maximum atomic E-state index is 11.0. The van der Waals surface area contributed by atoms with Crippen molar-refractivity contribution in [3.63, 3.8) is 0 Å². The summed E-state index contributed by atoms with van der Waals surface area (Å²) in [6.07, 6.45) is 0. The molecule has 0 radical (unpaired) electrons. The predicted octanol–water partition coefficient (Wildman–Crippen LogP) is 2.92. The molecule has 0 aliphatic rings. The van der Waals surface area contributed by atoms with Gasteiger partial charge in [0.2, 0.25) is 0 Å². The van der Waals surface area contributed by atoms with Gasteiger partial charge in [-0.15, -0.1) is 0 Å². The maximum absolute atomic E-state index is 11.0. The normalized spacial score (nSPS) is 10.8. The minimum atomic E-state index is -1.03. The number of hydrogen-bond donors (Lipinski definition) is 1. The van der Waals surface area contributed by atoms with Crippen LogP contribution in [0.3, 0.4) is 0 Å². The van der Waals surface area contributed by atoms with Gasteiger partial charge in [-0.2, -0.15) is 5.10 Å². The molecule has 0 atom stereocenters. The minimum Gasteiger partial charge on any atom is -0.496 e. The summed E-state index contributed by atoms with van der Waals surface area (Å²) >= 11 is 0. The van der Waals surface area contributed by atoms with Crippen molar-refractivity contribution in [3.05, 3.63) is 35.5 Å². The highest BCUT2D eigenvalue weighted by molar-refractivity contribution is 5.87. The van der Waals surface area contributed by atoms with Crippen LogP contribution in [0.15, 0.2) is 24.3 Å². The van der Waals surface area contributed by atoms with E-state index in [4.69, 9.17) is 9.84 Å². The lowest BCUT2D eigenvalue weighted by atomic mass is 9.94. The van der Waals surface area contributed by atoms with Crippen molar-refractivity contribution < 1.29 is 14.6 Å². The van der Waals surface area contributed by atoms with Gasteiger partial charge in [-0.05, 0) is 18.1 Å². The highest BCUT2D eigenvalue weighted by Gasteiger charge is 2.19. The Bertz CT molecular complexity index is 645. The van der Waals surface area contributed by atoms with Gasteiger partial charge in [0.25, 0.3) is 0 Å². The second kappa shape index (κ2) is 5.36. The smallest absolute Gasteiger partial charge is 0.356 e. The summed E-state index contributed by atoms with van der Waals surface area (Å²) in [5, 5.41) is 13.1. The fourth-order valence-electron chi connectivity index (χ4n) is 2.36. The molecule has 106 valence electrons. The molecule has 0 unspecified atom stereocenters. The van der Waals surface area contributed by atoms with Gasteiger partial charge in [0.05, 0.1) is 12.8 Å². The standard InChI is InChI=1S/C15H18N2O3/c1-9(2)14-10(6-5-7-13(14)20-4)12-8-11(15(18)19)16-17(12)3/h5-9H,1-4H3,(H,18,19). The monoisotopic (exact) mass is 274 g/mol. The summed E-state index contributed by atoms with van der Waals surface area (Å²) < 4.78 is 7.00. The molecule has 1 aromatic heterocycles. The van der Waals surface area contributed by atoms with Crippen molar-refractivity contribution in [2.75, 3.05) is 7.11 Å². The van der Waals surface area contributed by atoms with E-state index >= 15 is 0 Å². The molecule has 1 aromatic carbocycles. The van der Waals surface area contributed by atoms with Gasteiger partial charge in [-0.3, -0.25) is 4.68 Å². The second-order valence-corrected chi connectivity index (χ2v) is 4.92. The van der Waals surface area contributed by atoms with E-state index in [1.54, 1.807) is 24.9 Å². The van der Waals surface area contributed by atoms with Crippen LogP contribution < -0.4 is 4.74 Å². The number of aromatic carboxylic acids is 1. The highest BCUT2D eigenvalue weighted by atomic mass is 16.5. The Kier molecular flexibility index (Phi) is 3.79. The lowest BCUT2D eigenvalue weighted by molar-refractivity contribution is 0.0689. The zero-order chi connectivity index (χ0) is 14.9. The highest BCUT2D eigenvalue weighted by Crippen LogP contribution is 2.36. The van der Waals surface area contributed by atoms with Gasteiger partial charge in [0.15, 0.2) is 5.69 Å². The molecule has 1 N–H and O–H groups in total. The van der Waals surface area contributed by atoms with Crippen molar-refractivity contribution in [2.24, 2.45) is 7.05 Å². The SMILES string of the molecule is COc1cccc(-c2cc(C(=O)O)nn2C)c1C(C)C. The molecule has 0 aliphatic heterocycles. The van der Waals surface area contributed by atoms with Crippen molar-refractivity contribution in [1.82, 2.24) is 9.78 Å². The molecule has 0 fully saturated rings. The largest absolute Gasteiger partial charge is 0.496 e. The first kappa shape index (κ1) is 14.1. The number of aryl methyl sites for hydroxylation is 1. The summed E-state index contributed by atoms with van der Waals surface area (Å²) in [6, 6.07) is 7.35. The van der Waals surface area contributed by atoms with Crippen LogP contribution in [0.1, 0.15) is 35.8 Å². The quantitative estimate of drug-likeness (QED) is 0.931. The average Bonchev–Trinajstić information content (AvgIpc) is 2.79. The third kappa shape index (κ3) is 2.39. The summed E-state index contributed by atoms with van der Waals surface area (Å²) in [7, 11) is 3.38. The Balaban J connectivity index is 2.66. The van der Waals surface area contributed by atoms with Gasteiger partial charge in [-0.25, -0.2) is 4.79 Å². The van der Waals surface area contributed by atoms with Crippen LogP contribution in [0.25, 0.3) is 11.3 Å². The van der Waals surface area contributed by atoms with E-state index in [-0.39, 0.29) is 11.6 Å². The van der Waals surface area contributed by atoms with Crippen molar-refractivity contribution in [2.45, 2.75) is 19.8 Å². The molecule has 0 spiro atoms. The number of carbonyl (C=O) groups is 1. The van der Waals surface area contributed by atoms with E-state index < -0.39 is 5.97 Å². The summed E-state index contributed by atoms with van der Waals surface area (Å²) in [5.74, 6) is 0.0285. The minimum absolute atomic E-state index is 0.0417. The Morgan fingerprint density at radius 2 is 2.10 bits per heavy atom. The van der Waals surface area contributed by atoms with Crippen LogP contribution in [-0.4, -0.2) is 28.0 Å². The summed E-state index contributed by atoms with van der Waals surface area (Å²) in [5.41, 5.74) is 2.81. The van der Waals surface area contributed by atoms with Crippen LogP contribution in [0.2, 0.25) is 0 Å². The van der Waals surface area contributed by atoms with Crippen LogP contribution >= 0.6 is 0 Å². The van der Waals surface area contributed by atoms with E-state index in [2.05, 4.69) is 18.9 Å².